The van der Waals surface area contributed by atoms with Gasteiger partial charge in [0.15, 0.2) is 0 Å². The molecule has 0 aromatic carbocycles. The van der Waals surface area contributed by atoms with Gasteiger partial charge in [0.2, 0.25) is 5.24 Å². The molecule has 0 aliphatic carbocycles. The van der Waals surface area contributed by atoms with E-state index >= 15 is 0 Å². The average molecular weight is 405 g/mol. The molecule has 0 bridgehead atoms. The Labute approximate surface area is 135 Å². The molecule has 0 aliphatic rings. The fourth-order valence-corrected chi connectivity index (χ4v) is 2.37. The summed E-state index contributed by atoms with van der Waals surface area (Å²) in [5, 5.41) is -0.396. The van der Waals surface area contributed by atoms with Crippen molar-refractivity contribution < 1.29 is 14.3 Å². The van der Waals surface area contributed by atoms with E-state index in [0.717, 1.165) is 25.9 Å². The Kier molecular flexibility index (Phi) is 15.5. The molecule has 0 fully saturated rings. The summed E-state index contributed by atoms with van der Waals surface area (Å²) in [5.41, 5.74) is 0. The zero-order chi connectivity index (χ0) is 14.3. The summed E-state index contributed by atoms with van der Waals surface area (Å²) in [4.78, 5) is 11.1. The molecule has 0 amide bonds. The predicted octanol–water partition coefficient (Wildman–Crippen LogP) is 4.34. The van der Waals surface area contributed by atoms with Crippen LogP contribution in [-0.2, 0) is 14.3 Å². The lowest BCUT2D eigenvalue weighted by molar-refractivity contribution is -0.123. The molecule has 0 spiro atoms. The van der Waals surface area contributed by atoms with E-state index in [1.807, 2.05) is 0 Å². The van der Waals surface area contributed by atoms with E-state index in [2.05, 4.69) is 29.5 Å². The van der Waals surface area contributed by atoms with Gasteiger partial charge in [-0.3, -0.25) is 4.79 Å². The number of rotatable bonds is 14. The summed E-state index contributed by atoms with van der Waals surface area (Å²) < 4.78 is 12.1. The Bertz CT molecular complexity index is 215. The summed E-state index contributed by atoms with van der Waals surface area (Å²) in [5.74, 6) is 0. The van der Waals surface area contributed by atoms with Gasteiger partial charge in [-0.2, -0.15) is 0 Å². The molecule has 0 rings (SSSR count). The van der Waals surface area contributed by atoms with E-state index in [-0.39, 0.29) is 0 Å². The zero-order valence-corrected chi connectivity index (χ0v) is 14.7. The normalized spacial score (nSPS) is 12.6. The van der Waals surface area contributed by atoms with Gasteiger partial charge in [-0.25, -0.2) is 0 Å². The minimum atomic E-state index is -0.464. The van der Waals surface area contributed by atoms with Crippen molar-refractivity contribution >= 4 is 39.4 Å². The number of alkyl halides is 1. The van der Waals surface area contributed by atoms with Crippen LogP contribution in [0.1, 0.15) is 51.9 Å². The molecule has 0 aromatic rings. The quantitative estimate of drug-likeness (QED) is 0.187. The topological polar surface area (TPSA) is 35.5 Å². The summed E-state index contributed by atoms with van der Waals surface area (Å²) in [7, 11) is 0. The maximum absolute atomic E-state index is 11.1. The molecule has 0 aliphatic heterocycles. The highest BCUT2D eigenvalue weighted by atomic mass is 127. The standard InChI is InChI=1S/C14H26ClIO3/c1-2-3-8-13(14(15)17)19-12-11-18-10-7-5-4-6-9-16/h13H,2-12H2,1H3. The van der Waals surface area contributed by atoms with Crippen LogP contribution in [0.5, 0.6) is 0 Å². The summed E-state index contributed by atoms with van der Waals surface area (Å²) in [6, 6.07) is 0. The van der Waals surface area contributed by atoms with Crippen LogP contribution in [0.25, 0.3) is 0 Å². The lowest BCUT2D eigenvalue weighted by Gasteiger charge is -2.13. The van der Waals surface area contributed by atoms with Gasteiger partial charge in [0.1, 0.15) is 6.10 Å². The molecule has 1 unspecified atom stereocenters. The molecule has 0 radical (unpaired) electrons. The first-order valence-electron chi connectivity index (χ1n) is 7.17. The molecule has 0 heterocycles. The fraction of sp³-hybridized carbons (Fsp3) is 0.929. The van der Waals surface area contributed by atoms with Crippen LogP contribution < -0.4 is 0 Å². The number of halogens is 2. The fourth-order valence-electron chi connectivity index (χ4n) is 1.66. The molecule has 1 atom stereocenters. The Hall–Kier alpha value is 0.610. The van der Waals surface area contributed by atoms with Crippen LogP contribution >= 0.6 is 34.2 Å². The highest BCUT2D eigenvalue weighted by Crippen LogP contribution is 2.08. The third kappa shape index (κ3) is 13.4. The average Bonchev–Trinajstić information content (AvgIpc) is 2.39. The van der Waals surface area contributed by atoms with Crippen molar-refractivity contribution in [2.45, 2.75) is 58.0 Å². The number of carbonyl (C=O) groups excluding carboxylic acids is 1. The van der Waals surface area contributed by atoms with E-state index in [9.17, 15) is 4.79 Å². The minimum Gasteiger partial charge on any atom is -0.379 e. The number of carbonyl (C=O) groups is 1. The van der Waals surface area contributed by atoms with Crippen LogP contribution in [0.3, 0.4) is 0 Å². The maximum Gasteiger partial charge on any atom is 0.250 e. The Balaban J connectivity index is 3.37. The van der Waals surface area contributed by atoms with Crippen LogP contribution in [0.2, 0.25) is 0 Å². The second-order valence-electron chi connectivity index (χ2n) is 4.52. The second-order valence-corrected chi connectivity index (χ2v) is 5.97. The van der Waals surface area contributed by atoms with Gasteiger partial charge in [0.05, 0.1) is 13.2 Å². The SMILES string of the molecule is CCCCC(OCCOCCCCCCI)C(=O)Cl. The lowest BCUT2D eigenvalue weighted by Crippen LogP contribution is -2.22. The molecule has 0 aromatic heterocycles. The van der Waals surface area contributed by atoms with Gasteiger partial charge < -0.3 is 9.47 Å². The zero-order valence-electron chi connectivity index (χ0n) is 11.8. The van der Waals surface area contributed by atoms with Gasteiger partial charge in [-0.15, -0.1) is 0 Å². The Morgan fingerprint density at radius 2 is 1.84 bits per heavy atom. The van der Waals surface area contributed by atoms with E-state index in [1.165, 1.54) is 23.7 Å². The summed E-state index contributed by atoms with van der Waals surface area (Å²) in [6.07, 6.45) is 7.14. The third-order valence-corrected chi connectivity index (χ3v) is 3.80. The summed E-state index contributed by atoms with van der Waals surface area (Å²) >= 11 is 7.89. The van der Waals surface area contributed by atoms with Crippen molar-refractivity contribution in [3.63, 3.8) is 0 Å². The van der Waals surface area contributed by atoms with Crippen molar-refractivity contribution in [3.05, 3.63) is 0 Å². The largest absolute Gasteiger partial charge is 0.379 e. The first-order valence-corrected chi connectivity index (χ1v) is 9.07. The minimum absolute atomic E-state index is 0.396. The maximum atomic E-state index is 11.1. The summed E-state index contributed by atoms with van der Waals surface area (Å²) in [6.45, 7) is 3.84. The number of hydrogen-bond acceptors (Lipinski definition) is 3. The van der Waals surface area contributed by atoms with E-state index in [1.54, 1.807) is 0 Å². The number of unbranched alkanes of at least 4 members (excludes halogenated alkanes) is 4. The lowest BCUT2D eigenvalue weighted by atomic mass is 10.2. The van der Waals surface area contributed by atoms with Crippen LogP contribution in [0, 0.1) is 0 Å². The highest BCUT2D eigenvalue weighted by molar-refractivity contribution is 14.1. The first kappa shape index (κ1) is 19.6. The Morgan fingerprint density at radius 3 is 2.47 bits per heavy atom. The van der Waals surface area contributed by atoms with Crippen molar-refractivity contribution in [1.29, 1.82) is 0 Å². The van der Waals surface area contributed by atoms with Crippen molar-refractivity contribution in [1.82, 2.24) is 0 Å². The van der Waals surface area contributed by atoms with Gasteiger partial charge >= 0.3 is 0 Å². The smallest absolute Gasteiger partial charge is 0.250 e. The van der Waals surface area contributed by atoms with Crippen LogP contribution in [0.4, 0.5) is 0 Å². The number of ether oxygens (including phenoxy) is 2. The molecule has 19 heavy (non-hydrogen) atoms. The molecule has 0 saturated heterocycles. The van der Waals surface area contributed by atoms with E-state index < -0.39 is 11.3 Å². The highest BCUT2D eigenvalue weighted by Gasteiger charge is 2.15. The molecule has 0 N–H and O–H groups in total. The predicted molar refractivity (Wildman–Crippen MR) is 88.3 cm³/mol. The molecule has 0 saturated carbocycles. The van der Waals surface area contributed by atoms with Crippen LogP contribution in [-0.4, -0.2) is 35.6 Å². The van der Waals surface area contributed by atoms with Crippen LogP contribution in [0.15, 0.2) is 0 Å². The molecular formula is C14H26ClIO3. The monoisotopic (exact) mass is 404 g/mol. The van der Waals surface area contributed by atoms with Gasteiger partial charge in [0.25, 0.3) is 0 Å². The third-order valence-electron chi connectivity index (χ3n) is 2.79. The van der Waals surface area contributed by atoms with Gasteiger partial charge in [0, 0.05) is 6.61 Å². The molecule has 3 nitrogen and oxygen atoms in total. The van der Waals surface area contributed by atoms with E-state index in [4.69, 9.17) is 21.1 Å². The Morgan fingerprint density at radius 1 is 1.11 bits per heavy atom. The van der Waals surface area contributed by atoms with E-state index in [0.29, 0.717) is 19.6 Å². The van der Waals surface area contributed by atoms with Crippen molar-refractivity contribution in [2.75, 3.05) is 24.2 Å². The van der Waals surface area contributed by atoms with Gasteiger partial charge in [-0.05, 0) is 35.3 Å². The molecule has 114 valence electrons. The molecule has 5 heteroatoms. The van der Waals surface area contributed by atoms with Gasteiger partial charge in [-0.1, -0.05) is 55.2 Å². The second kappa shape index (κ2) is 15.0. The van der Waals surface area contributed by atoms with Crippen molar-refractivity contribution in [3.8, 4) is 0 Å². The molecular weight excluding hydrogens is 379 g/mol. The van der Waals surface area contributed by atoms with Crippen molar-refractivity contribution in [2.24, 2.45) is 0 Å². The first-order chi connectivity index (χ1) is 9.22. The number of hydrogen-bond donors (Lipinski definition) is 0.